The maximum absolute atomic E-state index is 12.1. The van der Waals surface area contributed by atoms with Gasteiger partial charge in [0.2, 0.25) is 5.91 Å². The number of hydrogen-bond acceptors (Lipinski definition) is 5. The molecular formula is C14H17N3O3. The maximum Gasteiger partial charge on any atom is 0.231 e. The summed E-state index contributed by atoms with van der Waals surface area (Å²) in [6, 6.07) is 3.44. The lowest BCUT2D eigenvalue weighted by atomic mass is 9.59. The molecule has 6 nitrogen and oxygen atoms in total. The van der Waals surface area contributed by atoms with Gasteiger partial charge < -0.3 is 11.1 Å². The van der Waals surface area contributed by atoms with E-state index in [-0.39, 0.29) is 17.5 Å². The number of nitrogens with zero attached hydrogens (tertiary/aromatic N) is 1. The van der Waals surface area contributed by atoms with Crippen molar-refractivity contribution < 1.29 is 14.4 Å². The van der Waals surface area contributed by atoms with Crippen LogP contribution in [0.2, 0.25) is 0 Å². The molecule has 1 unspecified atom stereocenters. The number of nitrogens with one attached hydrogen (secondary N) is 1. The van der Waals surface area contributed by atoms with Crippen molar-refractivity contribution >= 4 is 23.3 Å². The summed E-state index contributed by atoms with van der Waals surface area (Å²) in [5.74, 6) is -2.17. The Hall–Kier alpha value is -2.24. The van der Waals surface area contributed by atoms with Gasteiger partial charge >= 0.3 is 0 Å². The smallest absolute Gasteiger partial charge is 0.231 e. The standard InChI is InChI=1S/C14H17N3O3/c1-7(18)11-9(13(19)12(11)14(20)16-2)5-8-3-4-17-10(15)6-8/h3-4,6,9,11-12H,5H2,1-2H3,(H2,15,17)(H,16,20)/t9-,11-,12?/m1/s1. The predicted octanol–water partition coefficient (Wildman–Crippen LogP) is -0.0274. The van der Waals surface area contributed by atoms with Crippen LogP contribution in [0, 0.1) is 17.8 Å². The third-order valence-corrected chi connectivity index (χ3v) is 3.76. The molecule has 1 fully saturated rings. The van der Waals surface area contributed by atoms with E-state index in [2.05, 4.69) is 10.3 Å². The summed E-state index contributed by atoms with van der Waals surface area (Å²) < 4.78 is 0. The van der Waals surface area contributed by atoms with Crippen molar-refractivity contribution in [3.05, 3.63) is 23.9 Å². The molecule has 0 bridgehead atoms. The van der Waals surface area contributed by atoms with Gasteiger partial charge in [0.15, 0.2) is 0 Å². The molecule has 0 spiro atoms. The highest BCUT2D eigenvalue weighted by Crippen LogP contribution is 2.40. The average molecular weight is 275 g/mol. The Morgan fingerprint density at radius 1 is 1.45 bits per heavy atom. The van der Waals surface area contributed by atoms with E-state index in [0.29, 0.717) is 12.2 Å². The van der Waals surface area contributed by atoms with Crippen molar-refractivity contribution in [1.29, 1.82) is 0 Å². The molecule has 1 amide bonds. The van der Waals surface area contributed by atoms with Gasteiger partial charge in [-0.2, -0.15) is 0 Å². The molecule has 1 aromatic heterocycles. The van der Waals surface area contributed by atoms with Gasteiger partial charge in [-0.05, 0) is 31.0 Å². The van der Waals surface area contributed by atoms with Gasteiger partial charge in [0.25, 0.3) is 0 Å². The quantitative estimate of drug-likeness (QED) is 0.751. The number of Topliss-reactive ketones (excluding diaryl/α,β-unsaturated/α-hetero) is 2. The minimum atomic E-state index is -0.846. The molecule has 6 heteroatoms. The van der Waals surface area contributed by atoms with Gasteiger partial charge in [0.1, 0.15) is 23.3 Å². The lowest BCUT2D eigenvalue weighted by molar-refractivity contribution is -0.157. The molecule has 2 rings (SSSR count). The second kappa shape index (κ2) is 5.40. The first-order valence-corrected chi connectivity index (χ1v) is 6.42. The first kappa shape index (κ1) is 14.2. The number of hydrogen-bond donors (Lipinski definition) is 2. The highest BCUT2D eigenvalue weighted by molar-refractivity contribution is 6.13. The maximum atomic E-state index is 12.1. The first-order valence-electron chi connectivity index (χ1n) is 6.42. The SMILES string of the molecule is CNC(=O)C1C(=O)[C@H](Cc2ccnc(N)c2)[C@H]1C(C)=O. The van der Waals surface area contributed by atoms with Crippen LogP contribution in [0.5, 0.6) is 0 Å². The zero-order valence-corrected chi connectivity index (χ0v) is 11.4. The fourth-order valence-corrected chi connectivity index (χ4v) is 2.77. The summed E-state index contributed by atoms with van der Waals surface area (Å²) in [6.45, 7) is 1.42. The van der Waals surface area contributed by atoms with Gasteiger partial charge in [-0.1, -0.05) is 0 Å². The Bertz CT molecular complexity index is 571. The van der Waals surface area contributed by atoms with Crippen LogP contribution in [0.25, 0.3) is 0 Å². The number of aromatic nitrogens is 1. The molecule has 1 heterocycles. The monoisotopic (exact) mass is 275 g/mol. The molecule has 1 aliphatic rings. The lowest BCUT2D eigenvalue weighted by Crippen LogP contribution is -2.57. The van der Waals surface area contributed by atoms with Crippen molar-refractivity contribution in [3.63, 3.8) is 0 Å². The Morgan fingerprint density at radius 3 is 2.70 bits per heavy atom. The first-order chi connectivity index (χ1) is 9.45. The lowest BCUT2D eigenvalue weighted by Gasteiger charge is -2.40. The highest BCUT2D eigenvalue weighted by Gasteiger charge is 2.54. The third-order valence-electron chi connectivity index (χ3n) is 3.76. The van der Waals surface area contributed by atoms with Crippen LogP contribution < -0.4 is 11.1 Å². The van der Waals surface area contributed by atoms with Crippen LogP contribution in [0.15, 0.2) is 18.3 Å². The van der Waals surface area contributed by atoms with Crippen LogP contribution in [0.3, 0.4) is 0 Å². The molecule has 3 N–H and O–H groups in total. The number of rotatable bonds is 4. The van der Waals surface area contributed by atoms with E-state index < -0.39 is 17.8 Å². The number of carbonyl (C=O) groups excluding carboxylic acids is 3. The second-order valence-corrected chi connectivity index (χ2v) is 5.03. The summed E-state index contributed by atoms with van der Waals surface area (Å²) in [7, 11) is 1.46. The van der Waals surface area contributed by atoms with Crippen LogP contribution >= 0.6 is 0 Å². The fourth-order valence-electron chi connectivity index (χ4n) is 2.77. The molecule has 0 aromatic carbocycles. The molecule has 0 aliphatic heterocycles. The van der Waals surface area contributed by atoms with Gasteiger partial charge in [0, 0.05) is 25.1 Å². The van der Waals surface area contributed by atoms with Gasteiger partial charge in [-0.15, -0.1) is 0 Å². The summed E-state index contributed by atoms with van der Waals surface area (Å²) in [5, 5.41) is 2.43. The molecule has 1 aliphatic carbocycles. The molecule has 1 saturated carbocycles. The molecule has 3 atom stereocenters. The number of nitrogen functional groups attached to an aromatic ring is 1. The summed E-state index contributed by atoms with van der Waals surface area (Å²) in [4.78, 5) is 39.3. The Labute approximate surface area is 116 Å². The topological polar surface area (TPSA) is 102 Å². The van der Waals surface area contributed by atoms with E-state index >= 15 is 0 Å². The Morgan fingerprint density at radius 2 is 2.15 bits per heavy atom. The summed E-state index contributed by atoms with van der Waals surface area (Å²) in [6.07, 6.45) is 1.97. The van der Waals surface area contributed by atoms with Crippen molar-refractivity contribution in [3.8, 4) is 0 Å². The van der Waals surface area contributed by atoms with E-state index in [0.717, 1.165) is 5.56 Å². The second-order valence-electron chi connectivity index (χ2n) is 5.03. The van der Waals surface area contributed by atoms with E-state index in [1.54, 1.807) is 18.3 Å². The number of amides is 1. The largest absolute Gasteiger partial charge is 0.384 e. The fraction of sp³-hybridized carbons (Fsp3) is 0.429. The Balaban J connectivity index is 2.18. The minimum Gasteiger partial charge on any atom is -0.384 e. The molecule has 106 valence electrons. The van der Waals surface area contributed by atoms with Crippen molar-refractivity contribution in [2.45, 2.75) is 13.3 Å². The molecule has 20 heavy (non-hydrogen) atoms. The van der Waals surface area contributed by atoms with Gasteiger partial charge in [-0.3, -0.25) is 14.4 Å². The number of carbonyl (C=O) groups is 3. The molecule has 0 saturated heterocycles. The number of nitrogens with two attached hydrogens (primary N) is 1. The molecule has 0 radical (unpaired) electrons. The zero-order valence-electron chi connectivity index (χ0n) is 11.4. The number of pyridine rings is 1. The van der Waals surface area contributed by atoms with Crippen LogP contribution in [0.1, 0.15) is 12.5 Å². The van der Waals surface area contributed by atoms with E-state index in [1.807, 2.05) is 0 Å². The summed E-state index contributed by atoms with van der Waals surface area (Å²) >= 11 is 0. The van der Waals surface area contributed by atoms with Crippen molar-refractivity contribution in [2.75, 3.05) is 12.8 Å². The van der Waals surface area contributed by atoms with Crippen LogP contribution in [-0.4, -0.2) is 29.5 Å². The summed E-state index contributed by atoms with van der Waals surface area (Å²) in [5.41, 5.74) is 6.44. The predicted molar refractivity (Wildman–Crippen MR) is 72.6 cm³/mol. The normalized spacial score (nSPS) is 24.9. The van der Waals surface area contributed by atoms with Crippen molar-refractivity contribution in [1.82, 2.24) is 10.3 Å². The number of anilines is 1. The third kappa shape index (κ3) is 2.41. The zero-order chi connectivity index (χ0) is 14.9. The number of ketones is 2. The minimum absolute atomic E-state index is 0.134. The van der Waals surface area contributed by atoms with Crippen molar-refractivity contribution in [2.24, 2.45) is 17.8 Å². The van der Waals surface area contributed by atoms with E-state index in [1.165, 1.54) is 14.0 Å². The van der Waals surface area contributed by atoms with E-state index in [9.17, 15) is 14.4 Å². The average Bonchev–Trinajstić information content (AvgIpc) is 2.40. The van der Waals surface area contributed by atoms with Crippen LogP contribution in [-0.2, 0) is 20.8 Å². The van der Waals surface area contributed by atoms with Gasteiger partial charge in [0.05, 0.1) is 0 Å². The van der Waals surface area contributed by atoms with Gasteiger partial charge in [-0.25, -0.2) is 4.98 Å². The Kier molecular flexibility index (Phi) is 3.83. The van der Waals surface area contributed by atoms with E-state index in [4.69, 9.17) is 5.73 Å². The van der Waals surface area contributed by atoms with Crippen LogP contribution in [0.4, 0.5) is 5.82 Å². The molecule has 1 aromatic rings. The molecular weight excluding hydrogens is 258 g/mol. The highest BCUT2D eigenvalue weighted by atomic mass is 16.2.